The van der Waals surface area contributed by atoms with Crippen LogP contribution in [0, 0.1) is 6.92 Å². The van der Waals surface area contributed by atoms with Gasteiger partial charge >= 0.3 is 5.63 Å². The van der Waals surface area contributed by atoms with Gasteiger partial charge in [0, 0.05) is 48.0 Å². The second-order valence-electron chi connectivity index (χ2n) is 8.08. The quantitative estimate of drug-likeness (QED) is 0.515. The summed E-state index contributed by atoms with van der Waals surface area (Å²) in [5.41, 5.74) is 3.22. The average Bonchev–Trinajstić information content (AvgIpc) is 3.03. The molecule has 2 aromatic heterocycles. The average molecular weight is 385 g/mol. The smallest absolute Gasteiger partial charge is 0.339 e. The van der Waals surface area contributed by atoms with Crippen LogP contribution in [0.5, 0.6) is 0 Å². The van der Waals surface area contributed by atoms with Gasteiger partial charge in [-0.2, -0.15) is 0 Å². The molecule has 0 saturated heterocycles. The molecule has 0 spiro atoms. The molecule has 0 saturated carbocycles. The van der Waals surface area contributed by atoms with Gasteiger partial charge in [0.2, 0.25) is 5.91 Å². The van der Waals surface area contributed by atoms with Crippen LogP contribution in [0.1, 0.15) is 43.9 Å². The summed E-state index contributed by atoms with van der Waals surface area (Å²) < 4.78 is 16.2. The summed E-state index contributed by atoms with van der Waals surface area (Å²) in [7, 11) is 1.58. The Bertz CT molecular complexity index is 1070. The number of fused-ring (bicyclic) bond motifs is 2. The van der Waals surface area contributed by atoms with Gasteiger partial charge in [-0.05, 0) is 30.4 Å². The van der Waals surface area contributed by atoms with E-state index in [-0.39, 0.29) is 17.7 Å². The van der Waals surface area contributed by atoms with E-state index in [1.165, 1.54) is 0 Å². The molecule has 0 radical (unpaired) electrons. The predicted molar refractivity (Wildman–Crippen MR) is 109 cm³/mol. The van der Waals surface area contributed by atoms with E-state index in [2.05, 4.69) is 26.1 Å². The van der Waals surface area contributed by atoms with Crippen LogP contribution in [0.25, 0.3) is 21.9 Å². The summed E-state index contributed by atoms with van der Waals surface area (Å²) in [6, 6.07) is 3.80. The van der Waals surface area contributed by atoms with Crippen LogP contribution in [0.15, 0.2) is 32.0 Å². The van der Waals surface area contributed by atoms with Crippen LogP contribution in [-0.4, -0.2) is 26.2 Å². The molecule has 0 fully saturated rings. The van der Waals surface area contributed by atoms with E-state index in [0.717, 1.165) is 21.9 Å². The Kier molecular flexibility index (Phi) is 5.61. The van der Waals surface area contributed by atoms with E-state index in [1.807, 2.05) is 13.0 Å². The van der Waals surface area contributed by atoms with Gasteiger partial charge < -0.3 is 18.9 Å². The van der Waals surface area contributed by atoms with Gasteiger partial charge in [0.15, 0.2) is 0 Å². The van der Waals surface area contributed by atoms with E-state index in [1.54, 1.807) is 19.4 Å². The summed E-state index contributed by atoms with van der Waals surface area (Å²) in [6.45, 7) is 9.21. The van der Waals surface area contributed by atoms with Gasteiger partial charge in [-0.25, -0.2) is 4.79 Å². The maximum absolute atomic E-state index is 12.5. The zero-order valence-electron chi connectivity index (χ0n) is 17.1. The number of nitrogens with one attached hydrogen (secondary N) is 1. The van der Waals surface area contributed by atoms with Crippen molar-refractivity contribution in [3.63, 3.8) is 0 Å². The fourth-order valence-corrected chi connectivity index (χ4v) is 3.40. The third-order valence-corrected chi connectivity index (χ3v) is 5.02. The number of methoxy groups -OCH3 is 1. The lowest BCUT2D eigenvalue weighted by atomic mass is 9.86. The minimum Gasteiger partial charge on any atom is -0.464 e. The van der Waals surface area contributed by atoms with E-state index < -0.39 is 5.63 Å². The van der Waals surface area contributed by atoms with Crippen molar-refractivity contribution < 1.29 is 18.4 Å². The summed E-state index contributed by atoms with van der Waals surface area (Å²) >= 11 is 0. The molecular weight excluding hydrogens is 358 g/mol. The Balaban J connectivity index is 1.97. The van der Waals surface area contributed by atoms with Gasteiger partial charge in [-0.15, -0.1) is 0 Å². The first kappa shape index (κ1) is 20.1. The number of amides is 1. The third kappa shape index (κ3) is 3.97. The van der Waals surface area contributed by atoms with E-state index in [4.69, 9.17) is 13.6 Å². The summed E-state index contributed by atoms with van der Waals surface area (Å²) in [6.07, 6.45) is 2.32. The zero-order valence-corrected chi connectivity index (χ0v) is 17.1. The second kappa shape index (κ2) is 7.80. The topological polar surface area (TPSA) is 81.7 Å². The Morgan fingerprint density at radius 1 is 1.18 bits per heavy atom. The molecule has 0 bridgehead atoms. The highest BCUT2D eigenvalue weighted by Crippen LogP contribution is 2.35. The van der Waals surface area contributed by atoms with E-state index >= 15 is 0 Å². The molecule has 6 nitrogen and oxygen atoms in total. The number of furan rings is 1. The maximum atomic E-state index is 12.5. The first-order chi connectivity index (χ1) is 13.2. The molecular formula is C22H27NO5. The summed E-state index contributed by atoms with van der Waals surface area (Å²) in [5.74, 6) is -0.115. The SMILES string of the molecule is COCCNC(=O)CCc1c(C)c2cc3c(C(C)(C)C)coc3cc2oc1=O. The molecule has 0 aliphatic rings. The van der Waals surface area contributed by atoms with Crippen molar-refractivity contribution in [2.75, 3.05) is 20.3 Å². The molecule has 6 heteroatoms. The molecule has 0 aliphatic heterocycles. The molecule has 0 aliphatic carbocycles. The van der Waals surface area contributed by atoms with Gasteiger partial charge in [-0.3, -0.25) is 4.79 Å². The number of aryl methyl sites for hydroxylation is 1. The van der Waals surface area contributed by atoms with Crippen LogP contribution in [0.3, 0.4) is 0 Å². The van der Waals surface area contributed by atoms with Gasteiger partial charge in [-0.1, -0.05) is 20.8 Å². The molecule has 0 unspecified atom stereocenters. The number of carbonyl (C=O) groups excluding carboxylic acids is 1. The highest BCUT2D eigenvalue weighted by Gasteiger charge is 2.21. The summed E-state index contributed by atoms with van der Waals surface area (Å²) in [4.78, 5) is 24.4. The second-order valence-corrected chi connectivity index (χ2v) is 8.08. The normalized spacial score (nSPS) is 12.0. The number of hydrogen-bond acceptors (Lipinski definition) is 5. The maximum Gasteiger partial charge on any atom is 0.339 e. The van der Waals surface area contributed by atoms with Crippen molar-refractivity contribution in [2.24, 2.45) is 0 Å². The van der Waals surface area contributed by atoms with Crippen molar-refractivity contribution in [3.8, 4) is 0 Å². The number of rotatable bonds is 6. The van der Waals surface area contributed by atoms with Gasteiger partial charge in [0.05, 0.1) is 12.9 Å². The first-order valence-electron chi connectivity index (χ1n) is 9.46. The Labute approximate surface area is 163 Å². The third-order valence-electron chi connectivity index (χ3n) is 5.02. The fourth-order valence-electron chi connectivity index (χ4n) is 3.40. The minimum absolute atomic E-state index is 0.0639. The van der Waals surface area contributed by atoms with E-state index in [0.29, 0.717) is 36.3 Å². The number of hydrogen-bond donors (Lipinski definition) is 1. The van der Waals surface area contributed by atoms with Gasteiger partial charge in [0.1, 0.15) is 11.2 Å². The Morgan fingerprint density at radius 2 is 1.93 bits per heavy atom. The molecule has 150 valence electrons. The molecule has 1 amide bonds. The van der Waals surface area contributed by atoms with Gasteiger partial charge in [0.25, 0.3) is 0 Å². The van der Waals surface area contributed by atoms with Crippen LogP contribution in [0.4, 0.5) is 0 Å². The first-order valence-corrected chi connectivity index (χ1v) is 9.46. The lowest BCUT2D eigenvalue weighted by molar-refractivity contribution is -0.121. The fraction of sp³-hybridized carbons (Fsp3) is 0.455. The van der Waals surface area contributed by atoms with Crippen molar-refractivity contribution in [2.45, 2.75) is 46.0 Å². The lowest BCUT2D eigenvalue weighted by Gasteiger charge is -2.16. The molecule has 3 aromatic rings. The zero-order chi connectivity index (χ0) is 20.5. The monoisotopic (exact) mass is 385 g/mol. The van der Waals surface area contributed by atoms with Crippen molar-refractivity contribution >= 4 is 27.8 Å². The molecule has 2 heterocycles. The Hall–Kier alpha value is -2.60. The molecule has 0 atom stereocenters. The molecule has 1 aromatic carbocycles. The van der Waals surface area contributed by atoms with Crippen LogP contribution in [0.2, 0.25) is 0 Å². The standard InChI is InChI=1S/C22H27NO5/c1-13-14(6-7-20(24)23-8-9-26-5)21(25)28-19-11-18-16(10-15(13)19)17(12-27-18)22(2,3)4/h10-12H,6-9H2,1-5H3,(H,23,24). The molecule has 1 N–H and O–H groups in total. The van der Waals surface area contributed by atoms with Crippen molar-refractivity contribution in [3.05, 3.63) is 45.5 Å². The highest BCUT2D eigenvalue weighted by molar-refractivity contribution is 5.96. The van der Waals surface area contributed by atoms with Crippen molar-refractivity contribution in [1.82, 2.24) is 5.32 Å². The van der Waals surface area contributed by atoms with Crippen molar-refractivity contribution in [1.29, 1.82) is 0 Å². The number of ether oxygens (including phenoxy) is 1. The van der Waals surface area contributed by atoms with Crippen LogP contribution in [-0.2, 0) is 21.4 Å². The predicted octanol–water partition coefficient (Wildman–Crippen LogP) is 3.84. The van der Waals surface area contributed by atoms with Crippen LogP contribution >= 0.6 is 0 Å². The van der Waals surface area contributed by atoms with E-state index in [9.17, 15) is 9.59 Å². The number of carbonyl (C=O) groups is 1. The molecule has 28 heavy (non-hydrogen) atoms. The summed E-state index contributed by atoms with van der Waals surface area (Å²) in [5, 5.41) is 4.65. The largest absolute Gasteiger partial charge is 0.464 e. The Morgan fingerprint density at radius 3 is 2.61 bits per heavy atom. The lowest BCUT2D eigenvalue weighted by Crippen LogP contribution is -2.27. The number of benzene rings is 1. The van der Waals surface area contributed by atoms with Crippen LogP contribution < -0.4 is 10.9 Å². The minimum atomic E-state index is -0.406. The highest BCUT2D eigenvalue weighted by atomic mass is 16.5. The molecule has 3 rings (SSSR count).